The lowest BCUT2D eigenvalue weighted by Crippen LogP contribution is -2.46. The molecule has 0 bridgehead atoms. The molecule has 2 rings (SSSR count). The lowest BCUT2D eigenvalue weighted by Gasteiger charge is -2.15. The van der Waals surface area contributed by atoms with Crippen molar-refractivity contribution in [3.05, 3.63) is 54.1 Å². The van der Waals surface area contributed by atoms with Crippen molar-refractivity contribution < 1.29 is 18.0 Å². The molecule has 0 aliphatic carbocycles. The summed E-state index contributed by atoms with van der Waals surface area (Å²) in [5.74, 6) is -1.38. The lowest BCUT2D eigenvalue weighted by molar-refractivity contribution is -0.119. The topological polar surface area (TPSA) is 127 Å². The largest absolute Gasteiger partial charge is 0.368 e. The summed E-state index contributed by atoms with van der Waals surface area (Å²) in [6, 6.07) is 8.12. The maximum Gasteiger partial charge on any atom is 0.308 e. The van der Waals surface area contributed by atoms with Gasteiger partial charge in [0.05, 0.1) is 6.20 Å². The highest BCUT2D eigenvalue weighted by Crippen LogP contribution is 2.06. The second-order valence-corrected chi connectivity index (χ2v) is 7.54. The molecule has 1 aromatic heterocycles. The summed E-state index contributed by atoms with van der Waals surface area (Å²) in [5.41, 5.74) is 6.04. The minimum Gasteiger partial charge on any atom is -0.368 e. The van der Waals surface area contributed by atoms with Crippen LogP contribution in [0.5, 0.6) is 0 Å². The van der Waals surface area contributed by atoms with E-state index in [4.69, 9.17) is 5.73 Å². The fourth-order valence-corrected chi connectivity index (χ4v) is 2.82. The van der Waals surface area contributed by atoms with E-state index in [9.17, 15) is 18.0 Å². The van der Waals surface area contributed by atoms with Crippen molar-refractivity contribution in [3.8, 4) is 0 Å². The molecule has 10 heteroatoms. The zero-order chi connectivity index (χ0) is 18.6. The Labute approximate surface area is 145 Å². The number of aromatic nitrogens is 2. The summed E-state index contributed by atoms with van der Waals surface area (Å²) in [6.45, 7) is 0. The lowest BCUT2D eigenvalue weighted by atomic mass is 10.1. The Morgan fingerprint density at radius 1 is 1.28 bits per heavy atom. The third kappa shape index (κ3) is 4.43. The third-order valence-corrected chi connectivity index (χ3v) is 5.11. The van der Waals surface area contributed by atoms with Gasteiger partial charge in [0.25, 0.3) is 5.91 Å². The number of nitrogens with two attached hydrogens (primary N) is 1. The number of imidazole rings is 1. The second kappa shape index (κ2) is 7.45. The zero-order valence-corrected chi connectivity index (χ0v) is 14.6. The molecule has 3 N–H and O–H groups in total. The summed E-state index contributed by atoms with van der Waals surface area (Å²) < 4.78 is 25.8. The number of benzene rings is 1. The smallest absolute Gasteiger partial charge is 0.308 e. The van der Waals surface area contributed by atoms with Crippen molar-refractivity contribution >= 4 is 22.0 Å². The minimum atomic E-state index is -3.77. The maximum absolute atomic E-state index is 12.3. The molecular weight excluding hydrogens is 346 g/mol. The van der Waals surface area contributed by atoms with E-state index in [2.05, 4.69) is 10.3 Å². The molecule has 0 saturated carbocycles. The van der Waals surface area contributed by atoms with Crippen LogP contribution in [0.4, 0.5) is 0 Å². The highest BCUT2D eigenvalue weighted by molar-refractivity contribution is 7.87. The first-order valence-electron chi connectivity index (χ1n) is 7.33. The van der Waals surface area contributed by atoms with Crippen LogP contribution in [0.25, 0.3) is 0 Å². The molecule has 2 aromatic rings. The number of nitrogens with zero attached hydrogens (tertiary/aromatic N) is 3. The SMILES string of the molecule is CN(C)S(=O)(=O)n1cnc(C(=O)N[C@@H](Cc2ccccc2)C(N)=O)c1. The van der Waals surface area contributed by atoms with Crippen LogP contribution in [0.15, 0.2) is 42.9 Å². The van der Waals surface area contributed by atoms with E-state index in [1.807, 2.05) is 18.2 Å². The summed E-state index contributed by atoms with van der Waals surface area (Å²) in [5, 5.41) is 2.48. The van der Waals surface area contributed by atoms with Gasteiger partial charge < -0.3 is 11.1 Å². The summed E-state index contributed by atoms with van der Waals surface area (Å²) in [7, 11) is -1.05. The zero-order valence-electron chi connectivity index (χ0n) is 13.8. The molecule has 0 aliphatic heterocycles. The van der Waals surface area contributed by atoms with Gasteiger partial charge in [0, 0.05) is 20.5 Å². The van der Waals surface area contributed by atoms with E-state index >= 15 is 0 Å². The van der Waals surface area contributed by atoms with E-state index in [-0.39, 0.29) is 12.1 Å². The third-order valence-electron chi connectivity index (χ3n) is 3.45. The van der Waals surface area contributed by atoms with Gasteiger partial charge in [-0.25, -0.2) is 8.96 Å². The molecule has 25 heavy (non-hydrogen) atoms. The van der Waals surface area contributed by atoms with Gasteiger partial charge >= 0.3 is 10.2 Å². The fourth-order valence-electron chi connectivity index (χ4n) is 2.04. The Bertz CT molecular complexity index is 861. The van der Waals surface area contributed by atoms with E-state index in [0.717, 1.165) is 26.4 Å². The van der Waals surface area contributed by atoms with Gasteiger partial charge in [-0.2, -0.15) is 12.7 Å². The number of carbonyl (C=O) groups excluding carboxylic acids is 2. The number of hydrogen-bond acceptors (Lipinski definition) is 5. The molecule has 1 atom stereocenters. The van der Waals surface area contributed by atoms with Crippen LogP contribution in [-0.2, 0) is 21.4 Å². The molecule has 0 fully saturated rings. The molecule has 0 unspecified atom stereocenters. The first-order chi connectivity index (χ1) is 11.7. The summed E-state index contributed by atoms with van der Waals surface area (Å²) >= 11 is 0. The van der Waals surface area contributed by atoms with Crippen LogP contribution >= 0.6 is 0 Å². The molecule has 0 aliphatic rings. The molecule has 1 aromatic carbocycles. The molecule has 0 radical (unpaired) electrons. The van der Waals surface area contributed by atoms with Crippen molar-refractivity contribution in [3.63, 3.8) is 0 Å². The van der Waals surface area contributed by atoms with Gasteiger partial charge in [0.1, 0.15) is 18.1 Å². The molecule has 9 nitrogen and oxygen atoms in total. The fraction of sp³-hybridized carbons (Fsp3) is 0.267. The van der Waals surface area contributed by atoms with E-state index in [0.29, 0.717) is 0 Å². The monoisotopic (exact) mass is 365 g/mol. The molecule has 134 valence electrons. The first kappa shape index (κ1) is 18.6. The minimum absolute atomic E-state index is 0.135. The van der Waals surface area contributed by atoms with Crippen molar-refractivity contribution in [2.24, 2.45) is 5.73 Å². The van der Waals surface area contributed by atoms with Crippen molar-refractivity contribution in [2.75, 3.05) is 14.1 Å². The van der Waals surface area contributed by atoms with Crippen LogP contribution in [0.1, 0.15) is 16.1 Å². The van der Waals surface area contributed by atoms with Gasteiger partial charge in [-0.15, -0.1) is 0 Å². The Balaban J connectivity index is 2.14. The maximum atomic E-state index is 12.3. The number of nitrogens with one attached hydrogen (secondary N) is 1. The average molecular weight is 365 g/mol. The standard InChI is InChI=1S/C15H19N5O4S/c1-19(2)25(23,24)20-9-13(17-10-20)15(22)18-12(14(16)21)8-11-6-4-3-5-7-11/h3-7,9-10,12H,8H2,1-2H3,(H2,16,21)(H,18,22)/t12-/m0/s1. The van der Waals surface area contributed by atoms with Gasteiger partial charge in [-0.3, -0.25) is 9.59 Å². The van der Waals surface area contributed by atoms with Crippen LogP contribution in [0, 0.1) is 0 Å². The van der Waals surface area contributed by atoms with E-state index < -0.39 is 28.1 Å². The Morgan fingerprint density at radius 3 is 2.48 bits per heavy atom. The van der Waals surface area contributed by atoms with Gasteiger partial charge in [-0.05, 0) is 5.56 Å². The molecule has 0 spiro atoms. The highest BCUT2D eigenvalue weighted by Gasteiger charge is 2.23. The van der Waals surface area contributed by atoms with Gasteiger partial charge in [0.15, 0.2) is 0 Å². The quantitative estimate of drug-likeness (QED) is 0.675. The van der Waals surface area contributed by atoms with Gasteiger partial charge in [-0.1, -0.05) is 30.3 Å². The molecule has 1 heterocycles. The number of carbonyl (C=O) groups is 2. The number of hydrogen-bond donors (Lipinski definition) is 2. The first-order valence-corrected chi connectivity index (χ1v) is 8.72. The Hall–Kier alpha value is -2.72. The number of primary amides is 1. The van der Waals surface area contributed by atoms with Gasteiger partial charge in [0.2, 0.25) is 5.91 Å². The van der Waals surface area contributed by atoms with Crippen molar-refractivity contribution in [2.45, 2.75) is 12.5 Å². The van der Waals surface area contributed by atoms with Crippen LogP contribution in [0.3, 0.4) is 0 Å². The van der Waals surface area contributed by atoms with Crippen LogP contribution < -0.4 is 11.1 Å². The van der Waals surface area contributed by atoms with E-state index in [1.165, 1.54) is 14.1 Å². The number of amides is 2. The van der Waals surface area contributed by atoms with E-state index in [1.54, 1.807) is 12.1 Å². The average Bonchev–Trinajstić information content (AvgIpc) is 3.05. The van der Waals surface area contributed by atoms with Crippen LogP contribution in [0.2, 0.25) is 0 Å². The Kier molecular flexibility index (Phi) is 5.55. The highest BCUT2D eigenvalue weighted by atomic mass is 32.2. The summed E-state index contributed by atoms with van der Waals surface area (Å²) in [6.07, 6.45) is 2.31. The normalized spacial score (nSPS) is 12.8. The summed E-state index contributed by atoms with van der Waals surface area (Å²) in [4.78, 5) is 27.6. The van der Waals surface area contributed by atoms with Crippen LogP contribution in [-0.4, -0.2) is 53.6 Å². The molecular formula is C15H19N5O4S. The molecule has 0 saturated heterocycles. The Morgan fingerprint density at radius 2 is 1.92 bits per heavy atom. The van der Waals surface area contributed by atoms with Crippen molar-refractivity contribution in [1.29, 1.82) is 0 Å². The number of rotatable bonds is 7. The predicted octanol–water partition coefficient (Wildman–Crippen LogP) is -0.636. The predicted molar refractivity (Wildman–Crippen MR) is 90.8 cm³/mol. The second-order valence-electron chi connectivity index (χ2n) is 5.50. The molecule has 2 amide bonds. The van der Waals surface area contributed by atoms with Crippen molar-refractivity contribution in [1.82, 2.24) is 18.6 Å².